The summed E-state index contributed by atoms with van der Waals surface area (Å²) < 4.78 is 6.29. The average molecular weight is 340 g/mol. The summed E-state index contributed by atoms with van der Waals surface area (Å²) in [5.41, 5.74) is 0.978. The molecule has 0 unspecified atom stereocenters. The van der Waals surface area contributed by atoms with Gasteiger partial charge in [-0.05, 0) is 34.1 Å². The molecule has 5 heteroatoms. The maximum absolute atomic E-state index is 11.8. The number of hydrogen-bond acceptors (Lipinski definition) is 3. The van der Waals surface area contributed by atoms with Crippen molar-refractivity contribution in [2.75, 3.05) is 7.11 Å². The third-order valence-corrected chi connectivity index (χ3v) is 4.26. The van der Waals surface area contributed by atoms with Gasteiger partial charge in [0.05, 0.1) is 17.3 Å². The molecule has 1 aromatic heterocycles. The van der Waals surface area contributed by atoms with Gasteiger partial charge in [0.1, 0.15) is 5.75 Å². The second kappa shape index (κ2) is 6.73. The first-order valence-electron chi connectivity index (χ1n) is 5.82. The van der Waals surface area contributed by atoms with E-state index in [-0.39, 0.29) is 5.91 Å². The van der Waals surface area contributed by atoms with E-state index < -0.39 is 0 Å². The van der Waals surface area contributed by atoms with E-state index in [1.54, 1.807) is 18.4 Å². The Hall–Kier alpha value is -1.33. The molecule has 3 nitrogen and oxygen atoms in total. The lowest BCUT2D eigenvalue weighted by atomic mass is 10.2. The summed E-state index contributed by atoms with van der Waals surface area (Å²) >= 11 is 4.96. The Kier molecular flexibility index (Phi) is 4.99. The van der Waals surface area contributed by atoms with Crippen molar-refractivity contribution in [2.45, 2.75) is 13.0 Å². The van der Waals surface area contributed by atoms with E-state index >= 15 is 0 Å². The Bertz CT molecular complexity index is 568. The van der Waals surface area contributed by atoms with Crippen molar-refractivity contribution in [3.05, 3.63) is 50.6 Å². The molecular weight excluding hydrogens is 326 g/mol. The predicted octanol–water partition coefficient (Wildman–Crippen LogP) is 3.38. The molecule has 1 N–H and O–H groups in total. The van der Waals surface area contributed by atoms with Gasteiger partial charge in [0.15, 0.2) is 0 Å². The summed E-state index contributed by atoms with van der Waals surface area (Å²) in [4.78, 5) is 12.9. The standard InChI is InChI=1S/C14H14BrNO2S/c1-18-12-5-3-2-4-10(12)9-16-14(17)8-11-6-7-13(15)19-11/h2-7H,8-9H2,1H3,(H,16,17). The van der Waals surface area contributed by atoms with Gasteiger partial charge in [-0.25, -0.2) is 0 Å². The van der Waals surface area contributed by atoms with E-state index in [9.17, 15) is 4.79 Å². The molecule has 19 heavy (non-hydrogen) atoms. The molecule has 0 spiro atoms. The summed E-state index contributed by atoms with van der Waals surface area (Å²) in [6, 6.07) is 11.6. The van der Waals surface area contributed by atoms with Crippen molar-refractivity contribution in [1.82, 2.24) is 5.32 Å². The smallest absolute Gasteiger partial charge is 0.225 e. The molecule has 0 aliphatic carbocycles. The fraction of sp³-hybridized carbons (Fsp3) is 0.214. The number of ether oxygens (including phenoxy) is 1. The molecule has 0 aliphatic heterocycles. The molecule has 1 aromatic carbocycles. The van der Waals surface area contributed by atoms with Crippen molar-refractivity contribution in [2.24, 2.45) is 0 Å². The van der Waals surface area contributed by atoms with E-state index in [1.165, 1.54) is 0 Å². The summed E-state index contributed by atoms with van der Waals surface area (Å²) in [6.45, 7) is 0.482. The normalized spacial score (nSPS) is 10.2. The molecule has 2 aromatic rings. The van der Waals surface area contributed by atoms with Crippen LogP contribution in [-0.4, -0.2) is 13.0 Å². The van der Waals surface area contributed by atoms with E-state index in [4.69, 9.17) is 4.74 Å². The molecule has 0 aliphatic rings. The average Bonchev–Trinajstić information content (AvgIpc) is 2.82. The van der Waals surface area contributed by atoms with Gasteiger partial charge in [-0.3, -0.25) is 4.79 Å². The molecule has 2 rings (SSSR count). The quantitative estimate of drug-likeness (QED) is 0.906. The van der Waals surface area contributed by atoms with Gasteiger partial charge in [0.2, 0.25) is 5.91 Å². The molecule has 0 saturated carbocycles. The van der Waals surface area contributed by atoms with Gasteiger partial charge in [0, 0.05) is 17.0 Å². The molecule has 0 fully saturated rings. The summed E-state index contributed by atoms with van der Waals surface area (Å²) in [5, 5.41) is 2.90. The minimum atomic E-state index is 0.0141. The molecule has 0 bridgehead atoms. The SMILES string of the molecule is COc1ccccc1CNC(=O)Cc1ccc(Br)s1. The Morgan fingerprint density at radius 3 is 2.79 bits per heavy atom. The van der Waals surface area contributed by atoms with Crippen LogP contribution in [0.3, 0.4) is 0 Å². The Morgan fingerprint density at radius 2 is 2.11 bits per heavy atom. The Balaban J connectivity index is 1.89. The molecule has 100 valence electrons. The van der Waals surface area contributed by atoms with Gasteiger partial charge in [0.25, 0.3) is 0 Å². The van der Waals surface area contributed by atoms with E-state index in [2.05, 4.69) is 21.2 Å². The minimum Gasteiger partial charge on any atom is -0.496 e. The molecule has 0 saturated heterocycles. The lowest BCUT2D eigenvalue weighted by Crippen LogP contribution is -2.24. The summed E-state index contributed by atoms with van der Waals surface area (Å²) in [7, 11) is 1.63. The minimum absolute atomic E-state index is 0.0141. The first kappa shape index (κ1) is 14.1. The van der Waals surface area contributed by atoms with Crippen LogP contribution in [0.5, 0.6) is 5.75 Å². The summed E-state index contributed by atoms with van der Waals surface area (Å²) in [6.07, 6.45) is 0.408. The second-order valence-electron chi connectivity index (χ2n) is 3.97. The van der Waals surface area contributed by atoms with Gasteiger partial charge < -0.3 is 10.1 Å². The van der Waals surface area contributed by atoms with Gasteiger partial charge in [-0.2, -0.15) is 0 Å². The number of nitrogens with one attached hydrogen (secondary N) is 1. The second-order valence-corrected chi connectivity index (χ2v) is 6.52. The van der Waals surface area contributed by atoms with Crippen molar-refractivity contribution in [3.8, 4) is 5.75 Å². The number of benzene rings is 1. The number of halogens is 1. The van der Waals surface area contributed by atoms with Crippen LogP contribution in [0.4, 0.5) is 0 Å². The Labute approximate surface area is 124 Å². The van der Waals surface area contributed by atoms with Gasteiger partial charge in [-0.15, -0.1) is 11.3 Å². The van der Waals surface area contributed by atoms with Gasteiger partial charge >= 0.3 is 0 Å². The first-order valence-corrected chi connectivity index (χ1v) is 7.43. The van der Waals surface area contributed by atoms with E-state index in [0.29, 0.717) is 13.0 Å². The third kappa shape index (κ3) is 4.08. The fourth-order valence-corrected chi connectivity index (χ4v) is 3.19. The molecule has 1 amide bonds. The number of thiophene rings is 1. The number of carbonyl (C=O) groups is 1. The van der Waals surface area contributed by atoms with Gasteiger partial charge in [-0.1, -0.05) is 18.2 Å². The number of carbonyl (C=O) groups excluding carboxylic acids is 1. The van der Waals surface area contributed by atoms with Crippen LogP contribution >= 0.6 is 27.3 Å². The highest BCUT2D eigenvalue weighted by atomic mass is 79.9. The van der Waals surface area contributed by atoms with Crippen molar-refractivity contribution < 1.29 is 9.53 Å². The number of amides is 1. The maximum atomic E-state index is 11.8. The van der Waals surface area contributed by atoms with E-state index in [0.717, 1.165) is 20.0 Å². The maximum Gasteiger partial charge on any atom is 0.225 e. The van der Waals surface area contributed by atoms with Crippen LogP contribution in [0.25, 0.3) is 0 Å². The molecule has 0 radical (unpaired) electrons. The number of methoxy groups -OCH3 is 1. The van der Waals surface area contributed by atoms with Crippen LogP contribution in [0, 0.1) is 0 Å². The largest absolute Gasteiger partial charge is 0.496 e. The fourth-order valence-electron chi connectivity index (χ4n) is 1.71. The number of hydrogen-bond donors (Lipinski definition) is 1. The van der Waals surface area contributed by atoms with Crippen LogP contribution in [0.1, 0.15) is 10.4 Å². The predicted molar refractivity (Wildman–Crippen MR) is 80.6 cm³/mol. The van der Waals surface area contributed by atoms with Crippen LogP contribution in [0.2, 0.25) is 0 Å². The zero-order valence-corrected chi connectivity index (χ0v) is 12.9. The molecular formula is C14H14BrNO2S. The van der Waals surface area contributed by atoms with Crippen molar-refractivity contribution in [1.29, 1.82) is 0 Å². The highest BCUT2D eigenvalue weighted by molar-refractivity contribution is 9.11. The van der Waals surface area contributed by atoms with Crippen LogP contribution in [-0.2, 0) is 17.8 Å². The zero-order chi connectivity index (χ0) is 13.7. The highest BCUT2D eigenvalue weighted by Crippen LogP contribution is 2.22. The first-order chi connectivity index (χ1) is 9.19. The lowest BCUT2D eigenvalue weighted by molar-refractivity contribution is -0.120. The number of para-hydroxylation sites is 1. The third-order valence-electron chi connectivity index (χ3n) is 2.63. The molecule has 1 heterocycles. The van der Waals surface area contributed by atoms with Crippen molar-refractivity contribution in [3.63, 3.8) is 0 Å². The van der Waals surface area contributed by atoms with Crippen LogP contribution in [0.15, 0.2) is 40.2 Å². The van der Waals surface area contributed by atoms with E-state index in [1.807, 2.05) is 36.4 Å². The zero-order valence-electron chi connectivity index (χ0n) is 10.5. The molecule has 0 atom stereocenters. The number of rotatable bonds is 5. The Morgan fingerprint density at radius 1 is 1.32 bits per heavy atom. The summed E-state index contributed by atoms with van der Waals surface area (Å²) in [5.74, 6) is 0.807. The highest BCUT2D eigenvalue weighted by Gasteiger charge is 2.07. The van der Waals surface area contributed by atoms with Crippen molar-refractivity contribution >= 4 is 33.2 Å². The monoisotopic (exact) mass is 339 g/mol. The topological polar surface area (TPSA) is 38.3 Å². The van der Waals surface area contributed by atoms with Crippen LogP contribution < -0.4 is 10.1 Å². The lowest BCUT2D eigenvalue weighted by Gasteiger charge is -2.09.